The molecule has 17 heavy (non-hydrogen) atoms. The first kappa shape index (κ1) is 13.9. The molecular weight excluding hydrogens is 210 g/mol. The van der Waals surface area contributed by atoms with Crippen LogP contribution >= 0.6 is 0 Å². The number of nitrogens with two attached hydrogens (primary N) is 1. The van der Waals surface area contributed by atoms with Crippen LogP contribution in [0, 0.1) is 6.92 Å². The average Bonchev–Trinajstić information content (AvgIpc) is 2.31. The lowest BCUT2D eigenvalue weighted by molar-refractivity contribution is 0.304. The number of ether oxygens (including phenoxy) is 1. The Morgan fingerprint density at radius 1 is 1.06 bits per heavy atom. The zero-order valence-electron chi connectivity index (χ0n) is 11.2. The molecule has 0 amide bonds. The number of hydrogen-bond acceptors (Lipinski definition) is 2. The number of para-hydroxylation sites is 1. The van der Waals surface area contributed by atoms with Gasteiger partial charge in [-0.1, -0.05) is 51.2 Å². The van der Waals surface area contributed by atoms with E-state index in [1.54, 1.807) is 0 Å². The lowest BCUT2D eigenvalue weighted by Gasteiger charge is -2.11. The molecule has 0 heterocycles. The summed E-state index contributed by atoms with van der Waals surface area (Å²) in [7, 11) is 0. The first-order chi connectivity index (χ1) is 8.25. The van der Waals surface area contributed by atoms with Crippen LogP contribution < -0.4 is 10.5 Å². The fourth-order valence-corrected chi connectivity index (χ4v) is 1.93. The van der Waals surface area contributed by atoms with Gasteiger partial charge in [0.1, 0.15) is 5.75 Å². The van der Waals surface area contributed by atoms with Crippen molar-refractivity contribution in [3.8, 4) is 5.75 Å². The number of aryl methyl sites for hydroxylation is 1. The summed E-state index contributed by atoms with van der Waals surface area (Å²) in [6, 6.07) is 5.89. The second-order valence-corrected chi connectivity index (χ2v) is 4.61. The SMILES string of the molecule is CCCCCCCCOc1c(C)cccc1N. The smallest absolute Gasteiger partial charge is 0.145 e. The van der Waals surface area contributed by atoms with E-state index < -0.39 is 0 Å². The van der Waals surface area contributed by atoms with Gasteiger partial charge in [-0.3, -0.25) is 0 Å². The topological polar surface area (TPSA) is 35.2 Å². The molecule has 0 bridgehead atoms. The molecule has 1 rings (SSSR count). The fraction of sp³-hybridized carbons (Fsp3) is 0.600. The molecule has 96 valence electrons. The van der Waals surface area contributed by atoms with Crippen LogP contribution in [0.5, 0.6) is 5.75 Å². The van der Waals surface area contributed by atoms with Crippen molar-refractivity contribution in [1.82, 2.24) is 0 Å². The summed E-state index contributed by atoms with van der Waals surface area (Å²) in [6.07, 6.45) is 7.70. The van der Waals surface area contributed by atoms with Crippen LogP contribution in [0.25, 0.3) is 0 Å². The Balaban J connectivity index is 2.18. The van der Waals surface area contributed by atoms with Gasteiger partial charge in [0.2, 0.25) is 0 Å². The lowest BCUT2D eigenvalue weighted by atomic mass is 10.1. The summed E-state index contributed by atoms with van der Waals surface area (Å²) in [5, 5.41) is 0. The van der Waals surface area contributed by atoms with Gasteiger partial charge in [-0.15, -0.1) is 0 Å². The Labute approximate surface area is 105 Å². The summed E-state index contributed by atoms with van der Waals surface area (Å²) in [5.41, 5.74) is 7.74. The van der Waals surface area contributed by atoms with E-state index in [1.165, 1.54) is 32.1 Å². The van der Waals surface area contributed by atoms with Crippen molar-refractivity contribution in [2.45, 2.75) is 52.4 Å². The highest BCUT2D eigenvalue weighted by molar-refractivity contribution is 5.56. The quantitative estimate of drug-likeness (QED) is 0.538. The molecule has 0 radical (unpaired) electrons. The van der Waals surface area contributed by atoms with Crippen LogP contribution in [-0.4, -0.2) is 6.61 Å². The third-order valence-corrected chi connectivity index (χ3v) is 2.99. The van der Waals surface area contributed by atoms with Gasteiger partial charge < -0.3 is 10.5 Å². The van der Waals surface area contributed by atoms with Crippen LogP contribution in [-0.2, 0) is 0 Å². The zero-order valence-corrected chi connectivity index (χ0v) is 11.2. The largest absolute Gasteiger partial charge is 0.491 e. The first-order valence-electron chi connectivity index (χ1n) is 6.73. The second kappa shape index (κ2) is 7.99. The number of nitrogen functional groups attached to an aromatic ring is 1. The summed E-state index contributed by atoms with van der Waals surface area (Å²) in [6.45, 7) is 5.05. The highest BCUT2D eigenvalue weighted by atomic mass is 16.5. The fourth-order valence-electron chi connectivity index (χ4n) is 1.93. The van der Waals surface area contributed by atoms with Crippen LogP contribution in [0.2, 0.25) is 0 Å². The molecule has 0 aliphatic rings. The van der Waals surface area contributed by atoms with E-state index >= 15 is 0 Å². The van der Waals surface area contributed by atoms with Gasteiger partial charge in [0, 0.05) is 0 Å². The van der Waals surface area contributed by atoms with Crippen LogP contribution in [0.15, 0.2) is 18.2 Å². The van der Waals surface area contributed by atoms with Gasteiger partial charge in [0.15, 0.2) is 0 Å². The van der Waals surface area contributed by atoms with Gasteiger partial charge >= 0.3 is 0 Å². The third-order valence-electron chi connectivity index (χ3n) is 2.99. The molecule has 0 aliphatic heterocycles. The van der Waals surface area contributed by atoms with Crippen molar-refractivity contribution >= 4 is 5.69 Å². The average molecular weight is 235 g/mol. The molecule has 2 heteroatoms. The molecular formula is C15H25NO. The Kier molecular flexibility index (Phi) is 6.53. The minimum Gasteiger partial charge on any atom is -0.491 e. The maximum atomic E-state index is 5.88. The number of anilines is 1. The van der Waals surface area contributed by atoms with E-state index in [9.17, 15) is 0 Å². The van der Waals surface area contributed by atoms with Crippen molar-refractivity contribution in [3.05, 3.63) is 23.8 Å². The Hall–Kier alpha value is -1.18. The maximum absolute atomic E-state index is 5.88. The molecule has 0 saturated carbocycles. The molecule has 0 atom stereocenters. The molecule has 1 aromatic rings. The van der Waals surface area contributed by atoms with Crippen molar-refractivity contribution in [2.24, 2.45) is 0 Å². The minimum absolute atomic E-state index is 0.746. The molecule has 2 N–H and O–H groups in total. The van der Waals surface area contributed by atoms with Crippen molar-refractivity contribution in [3.63, 3.8) is 0 Å². The van der Waals surface area contributed by atoms with Gasteiger partial charge in [0.25, 0.3) is 0 Å². The van der Waals surface area contributed by atoms with Crippen LogP contribution in [0.4, 0.5) is 5.69 Å². The highest BCUT2D eigenvalue weighted by Gasteiger charge is 2.02. The van der Waals surface area contributed by atoms with Crippen LogP contribution in [0.1, 0.15) is 51.0 Å². The van der Waals surface area contributed by atoms with E-state index in [4.69, 9.17) is 10.5 Å². The Morgan fingerprint density at radius 2 is 1.76 bits per heavy atom. The lowest BCUT2D eigenvalue weighted by Crippen LogP contribution is -2.02. The minimum atomic E-state index is 0.746. The van der Waals surface area contributed by atoms with E-state index in [0.29, 0.717) is 0 Å². The van der Waals surface area contributed by atoms with Gasteiger partial charge in [0.05, 0.1) is 12.3 Å². The summed E-state index contributed by atoms with van der Waals surface area (Å²) >= 11 is 0. The number of benzene rings is 1. The molecule has 0 aliphatic carbocycles. The predicted octanol–water partition coefficient (Wildman–Crippen LogP) is 4.32. The molecule has 2 nitrogen and oxygen atoms in total. The highest BCUT2D eigenvalue weighted by Crippen LogP contribution is 2.25. The van der Waals surface area contributed by atoms with Gasteiger partial charge in [-0.05, 0) is 25.0 Å². The molecule has 0 aromatic heterocycles. The number of unbranched alkanes of at least 4 members (excludes halogenated alkanes) is 5. The predicted molar refractivity (Wildman–Crippen MR) is 74.5 cm³/mol. The molecule has 0 unspecified atom stereocenters. The van der Waals surface area contributed by atoms with Crippen LogP contribution in [0.3, 0.4) is 0 Å². The molecule has 0 fully saturated rings. The van der Waals surface area contributed by atoms with E-state index in [-0.39, 0.29) is 0 Å². The Bertz CT molecular complexity index is 302. The zero-order chi connectivity index (χ0) is 12.5. The molecule has 0 saturated heterocycles. The van der Waals surface area contributed by atoms with Crippen molar-refractivity contribution in [1.29, 1.82) is 0 Å². The van der Waals surface area contributed by atoms with Gasteiger partial charge in [-0.2, -0.15) is 0 Å². The summed E-state index contributed by atoms with van der Waals surface area (Å²) < 4.78 is 5.75. The second-order valence-electron chi connectivity index (χ2n) is 4.61. The standard InChI is InChI=1S/C15H25NO/c1-3-4-5-6-7-8-12-17-15-13(2)10-9-11-14(15)16/h9-11H,3-8,12,16H2,1-2H3. The third kappa shape index (κ3) is 5.12. The summed E-state index contributed by atoms with van der Waals surface area (Å²) in [5.74, 6) is 0.862. The maximum Gasteiger partial charge on any atom is 0.145 e. The normalized spacial score (nSPS) is 10.5. The van der Waals surface area contributed by atoms with E-state index in [2.05, 4.69) is 6.92 Å². The van der Waals surface area contributed by atoms with E-state index in [0.717, 1.165) is 30.0 Å². The van der Waals surface area contributed by atoms with Crippen molar-refractivity contribution in [2.75, 3.05) is 12.3 Å². The summed E-state index contributed by atoms with van der Waals surface area (Å²) in [4.78, 5) is 0. The van der Waals surface area contributed by atoms with E-state index in [1.807, 2.05) is 25.1 Å². The molecule has 1 aromatic carbocycles. The Morgan fingerprint density at radius 3 is 2.47 bits per heavy atom. The van der Waals surface area contributed by atoms with Crippen molar-refractivity contribution < 1.29 is 4.74 Å². The monoisotopic (exact) mass is 235 g/mol. The molecule has 0 spiro atoms. The van der Waals surface area contributed by atoms with Gasteiger partial charge in [-0.25, -0.2) is 0 Å². The number of rotatable bonds is 8. The first-order valence-corrected chi connectivity index (χ1v) is 6.73. The number of hydrogen-bond donors (Lipinski definition) is 1.